The first-order chi connectivity index (χ1) is 21.1. The van der Waals surface area contributed by atoms with Gasteiger partial charge in [-0.1, -0.05) is 72.8 Å². The van der Waals surface area contributed by atoms with Gasteiger partial charge >= 0.3 is 0 Å². The van der Waals surface area contributed by atoms with Crippen molar-refractivity contribution in [3.05, 3.63) is 157 Å². The largest absolute Gasteiger partial charge is 0.453 e. The molecule has 0 spiro atoms. The van der Waals surface area contributed by atoms with E-state index >= 15 is 0 Å². The van der Waals surface area contributed by atoms with Crippen molar-refractivity contribution < 1.29 is 18.9 Å². The summed E-state index contributed by atoms with van der Waals surface area (Å²) in [5.41, 5.74) is 3.53. The number of para-hydroxylation sites is 4. The van der Waals surface area contributed by atoms with E-state index in [1.807, 2.05) is 159 Å². The molecule has 0 aromatic heterocycles. The van der Waals surface area contributed by atoms with E-state index in [9.17, 15) is 0 Å². The second-order valence-electron chi connectivity index (χ2n) is 9.92. The maximum Gasteiger partial charge on any atom is 0.174 e. The average Bonchev–Trinajstić information content (AvgIpc) is 3.05. The van der Waals surface area contributed by atoms with Gasteiger partial charge in [0, 0.05) is 22.5 Å². The summed E-state index contributed by atoms with van der Waals surface area (Å²) < 4.78 is 25.3. The molecule has 0 atom stereocenters. The van der Waals surface area contributed by atoms with Crippen LogP contribution in [-0.2, 0) is 0 Å². The van der Waals surface area contributed by atoms with E-state index in [2.05, 4.69) is 5.32 Å². The van der Waals surface area contributed by atoms with Crippen LogP contribution in [0.4, 0.5) is 11.4 Å². The molecule has 0 aliphatic rings. The maximum atomic E-state index is 6.40. The second kappa shape index (κ2) is 12.9. The van der Waals surface area contributed by atoms with Gasteiger partial charge in [-0.15, -0.1) is 0 Å². The summed E-state index contributed by atoms with van der Waals surface area (Å²) in [7, 11) is 0. The van der Waals surface area contributed by atoms with Crippen LogP contribution >= 0.6 is 0 Å². The van der Waals surface area contributed by atoms with Crippen LogP contribution in [0.15, 0.2) is 146 Å². The van der Waals surface area contributed by atoms with Crippen LogP contribution in [0.1, 0.15) is 11.1 Å². The molecule has 0 unspecified atom stereocenters. The summed E-state index contributed by atoms with van der Waals surface area (Å²) in [5.74, 6) is 5.39. The number of rotatable bonds is 10. The van der Waals surface area contributed by atoms with Gasteiger partial charge < -0.3 is 24.3 Å². The fourth-order valence-electron chi connectivity index (χ4n) is 4.61. The smallest absolute Gasteiger partial charge is 0.174 e. The average molecular weight is 566 g/mol. The topological polar surface area (TPSA) is 49.0 Å². The van der Waals surface area contributed by atoms with E-state index in [1.54, 1.807) is 0 Å². The molecule has 0 bridgehead atoms. The Hall–Kier alpha value is -5.68. The molecule has 0 saturated carbocycles. The molecule has 0 fully saturated rings. The van der Waals surface area contributed by atoms with Gasteiger partial charge in [-0.25, -0.2) is 0 Å². The lowest BCUT2D eigenvalue weighted by Crippen LogP contribution is -2.01. The number of nitrogens with one attached hydrogen (secondary N) is 1. The van der Waals surface area contributed by atoms with Gasteiger partial charge in [0.15, 0.2) is 23.0 Å². The lowest BCUT2D eigenvalue weighted by Gasteiger charge is -2.21. The van der Waals surface area contributed by atoms with Crippen LogP contribution in [0.2, 0.25) is 0 Å². The van der Waals surface area contributed by atoms with Crippen molar-refractivity contribution in [1.82, 2.24) is 0 Å². The zero-order valence-electron chi connectivity index (χ0n) is 24.0. The van der Waals surface area contributed by atoms with Crippen molar-refractivity contribution in [2.45, 2.75) is 13.8 Å². The highest BCUT2D eigenvalue weighted by Crippen LogP contribution is 2.44. The number of benzene rings is 6. The highest BCUT2D eigenvalue weighted by atomic mass is 16.5. The molecule has 0 saturated heterocycles. The molecule has 0 amide bonds. The first-order valence-corrected chi connectivity index (χ1v) is 14.1. The van der Waals surface area contributed by atoms with Crippen molar-refractivity contribution in [2.24, 2.45) is 0 Å². The van der Waals surface area contributed by atoms with Crippen LogP contribution in [0.3, 0.4) is 0 Å². The summed E-state index contributed by atoms with van der Waals surface area (Å²) in [4.78, 5) is 0. The lowest BCUT2D eigenvalue weighted by molar-refractivity contribution is 0.416. The molecule has 0 aliphatic heterocycles. The van der Waals surface area contributed by atoms with E-state index in [4.69, 9.17) is 18.9 Å². The third kappa shape index (κ3) is 6.63. The Morgan fingerprint density at radius 2 is 0.651 bits per heavy atom. The molecule has 0 aliphatic carbocycles. The first-order valence-electron chi connectivity index (χ1n) is 14.1. The van der Waals surface area contributed by atoms with Crippen LogP contribution in [0.25, 0.3) is 0 Å². The monoisotopic (exact) mass is 565 g/mol. The van der Waals surface area contributed by atoms with E-state index < -0.39 is 0 Å². The summed E-state index contributed by atoms with van der Waals surface area (Å²) in [6.45, 7) is 4.03. The summed E-state index contributed by atoms with van der Waals surface area (Å²) in [6.07, 6.45) is 0. The van der Waals surface area contributed by atoms with E-state index in [1.165, 1.54) is 0 Å². The van der Waals surface area contributed by atoms with Gasteiger partial charge in [-0.3, -0.25) is 0 Å². The third-order valence-electron chi connectivity index (χ3n) is 6.88. The van der Waals surface area contributed by atoms with Gasteiger partial charge in [-0.05, 0) is 86.6 Å². The number of ether oxygens (including phenoxy) is 4. The molecule has 6 aromatic rings. The predicted molar refractivity (Wildman–Crippen MR) is 172 cm³/mol. The minimum atomic E-state index is 0.620. The van der Waals surface area contributed by atoms with Crippen molar-refractivity contribution in [3.63, 3.8) is 0 Å². The van der Waals surface area contributed by atoms with Gasteiger partial charge in [-0.2, -0.15) is 0 Å². The SMILES string of the molecule is Cc1c(Nc2ccc(Oc3ccccc3)c(Oc3ccccc3)c2C)ccc(Oc2ccccc2)c1Oc1ccccc1. The molecular formula is C38H31NO4. The van der Waals surface area contributed by atoms with Gasteiger partial charge in [0.25, 0.3) is 0 Å². The fraction of sp³-hybridized carbons (Fsp3) is 0.0526. The quantitative estimate of drug-likeness (QED) is 0.179. The summed E-state index contributed by atoms with van der Waals surface area (Å²) in [6, 6.07) is 46.6. The Labute approximate surface area is 251 Å². The number of hydrogen-bond donors (Lipinski definition) is 1. The van der Waals surface area contributed by atoms with Crippen molar-refractivity contribution in [3.8, 4) is 46.0 Å². The van der Waals surface area contributed by atoms with Gasteiger partial charge in [0.05, 0.1) is 0 Å². The predicted octanol–water partition coefficient (Wildman–Crippen LogP) is 11.2. The molecule has 5 nitrogen and oxygen atoms in total. The molecule has 0 heterocycles. The zero-order valence-corrected chi connectivity index (χ0v) is 24.0. The summed E-state index contributed by atoms with van der Waals surface area (Å²) >= 11 is 0. The third-order valence-corrected chi connectivity index (χ3v) is 6.88. The van der Waals surface area contributed by atoms with Crippen LogP contribution < -0.4 is 24.3 Å². The Balaban J connectivity index is 1.37. The minimum Gasteiger partial charge on any atom is -0.453 e. The molecule has 0 radical (unpaired) electrons. The highest BCUT2D eigenvalue weighted by Gasteiger charge is 2.19. The Bertz CT molecular complexity index is 1660. The Morgan fingerprint density at radius 1 is 0.349 bits per heavy atom. The second-order valence-corrected chi connectivity index (χ2v) is 9.92. The van der Waals surface area contributed by atoms with Crippen LogP contribution in [0, 0.1) is 13.8 Å². The fourth-order valence-corrected chi connectivity index (χ4v) is 4.61. The van der Waals surface area contributed by atoms with E-state index in [-0.39, 0.29) is 0 Å². The normalized spacial score (nSPS) is 10.6. The molecule has 212 valence electrons. The molecule has 6 aromatic carbocycles. The molecular weight excluding hydrogens is 534 g/mol. The Kier molecular flexibility index (Phi) is 8.23. The standard InChI is InChI=1S/C38H31NO4/c1-27-33(23-25-35(40-29-15-7-3-8-16-29)37(27)42-31-19-11-5-12-20-31)39-34-24-26-36(41-30-17-9-4-10-18-30)38(28(34)2)43-32-21-13-6-14-22-32/h3-26,39H,1-2H3. The number of anilines is 2. The van der Waals surface area contributed by atoms with Gasteiger partial charge in [0.1, 0.15) is 23.0 Å². The molecule has 6 rings (SSSR count). The highest BCUT2D eigenvalue weighted by molar-refractivity contribution is 5.74. The Morgan fingerprint density at radius 3 is 0.977 bits per heavy atom. The van der Waals surface area contributed by atoms with Gasteiger partial charge in [0.2, 0.25) is 0 Å². The van der Waals surface area contributed by atoms with E-state index in [0.717, 1.165) is 45.5 Å². The zero-order chi connectivity index (χ0) is 29.4. The van der Waals surface area contributed by atoms with Crippen molar-refractivity contribution in [1.29, 1.82) is 0 Å². The van der Waals surface area contributed by atoms with Crippen molar-refractivity contribution >= 4 is 11.4 Å². The minimum absolute atomic E-state index is 0.620. The first kappa shape index (κ1) is 27.5. The maximum absolute atomic E-state index is 6.40. The van der Waals surface area contributed by atoms with Crippen molar-refractivity contribution in [2.75, 3.05) is 5.32 Å². The van der Waals surface area contributed by atoms with Crippen LogP contribution in [-0.4, -0.2) is 0 Å². The van der Waals surface area contributed by atoms with Crippen LogP contribution in [0.5, 0.6) is 46.0 Å². The number of hydrogen-bond acceptors (Lipinski definition) is 5. The lowest BCUT2D eigenvalue weighted by atomic mass is 10.1. The van der Waals surface area contributed by atoms with E-state index in [0.29, 0.717) is 23.0 Å². The molecule has 43 heavy (non-hydrogen) atoms. The summed E-state index contributed by atoms with van der Waals surface area (Å²) in [5, 5.41) is 3.60. The molecule has 1 N–H and O–H groups in total. The molecule has 5 heteroatoms.